The molecule has 2 rings (SSSR count). The Morgan fingerprint density at radius 3 is 2.17 bits per heavy atom. The third kappa shape index (κ3) is 4.29. The summed E-state index contributed by atoms with van der Waals surface area (Å²) in [5.41, 5.74) is 0.00838. The third-order valence-corrected chi connectivity index (χ3v) is 4.79. The Labute approximate surface area is 148 Å². The summed E-state index contributed by atoms with van der Waals surface area (Å²) < 4.78 is 31.8. The second-order valence-corrected chi connectivity index (χ2v) is 7.38. The minimum atomic E-state index is -4.01. The van der Waals surface area contributed by atoms with Gasteiger partial charge in [-0.3, -0.25) is 4.72 Å². The minimum Gasteiger partial charge on any atom is -0.465 e. The van der Waals surface area contributed by atoms with Gasteiger partial charge in [-0.2, -0.15) is 0 Å². The monoisotopic (exact) mass is 393 g/mol. The Bertz CT molecular complexity index is 848. The van der Waals surface area contributed by atoms with Gasteiger partial charge in [-0.15, -0.1) is 0 Å². The molecule has 2 aromatic rings. The first kappa shape index (κ1) is 17.9. The highest BCUT2D eigenvalue weighted by molar-refractivity contribution is 7.92. The van der Waals surface area contributed by atoms with E-state index in [9.17, 15) is 13.2 Å². The van der Waals surface area contributed by atoms with Crippen molar-refractivity contribution in [2.75, 3.05) is 11.8 Å². The van der Waals surface area contributed by atoms with E-state index in [1.54, 1.807) is 0 Å². The number of methoxy groups -OCH3 is 1. The van der Waals surface area contributed by atoms with E-state index in [2.05, 4.69) is 9.46 Å². The zero-order valence-electron chi connectivity index (χ0n) is 11.6. The van der Waals surface area contributed by atoms with Gasteiger partial charge in [0, 0.05) is 15.1 Å². The summed E-state index contributed by atoms with van der Waals surface area (Å²) in [7, 11) is -2.83. The van der Waals surface area contributed by atoms with Crippen LogP contribution in [0.4, 0.5) is 5.69 Å². The molecule has 1 N–H and O–H groups in total. The van der Waals surface area contributed by atoms with Crippen LogP contribution >= 0.6 is 34.8 Å². The van der Waals surface area contributed by atoms with Crippen LogP contribution in [0.15, 0.2) is 41.3 Å². The van der Waals surface area contributed by atoms with E-state index in [1.165, 1.54) is 43.5 Å². The quantitative estimate of drug-likeness (QED) is 0.788. The smallest absolute Gasteiger partial charge is 0.340 e. The number of hydrogen-bond donors (Lipinski definition) is 1. The van der Waals surface area contributed by atoms with Gasteiger partial charge >= 0.3 is 5.97 Å². The number of carbonyl (C=O) groups excluding carboxylic acids is 1. The molecule has 0 heterocycles. The van der Waals surface area contributed by atoms with Crippen LogP contribution in [0, 0.1) is 0 Å². The maximum absolute atomic E-state index is 12.4. The highest BCUT2D eigenvalue weighted by Crippen LogP contribution is 2.27. The summed E-state index contributed by atoms with van der Waals surface area (Å²) >= 11 is 17.5. The molecule has 0 saturated heterocycles. The number of nitrogens with one attached hydrogen (secondary N) is 1. The summed E-state index contributed by atoms with van der Waals surface area (Å²) in [5.74, 6) is -0.727. The Hall–Kier alpha value is -1.47. The van der Waals surface area contributed by atoms with E-state index in [4.69, 9.17) is 34.8 Å². The molecule has 122 valence electrons. The minimum absolute atomic E-state index is 0.0169. The average molecular weight is 395 g/mol. The summed E-state index contributed by atoms with van der Waals surface area (Å²) in [5, 5.41) is 0.600. The van der Waals surface area contributed by atoms with Crippen molar-refractivity contribution in [3.8, 4) is 0 Å². The number of halogens is 3. The maximum atomic E-state index is 12.4. The average Bonchev–Trinajstić information content (AvgIpc) is 2.47. The van der Waals surface area contributed by atoms with Gasteiger partial charge in [0.25, 0.3) is 10.0 Å². The lowest BCUT2D eigenvalue weighted by Gasteiger charge is -2.12. The second kappa shape index (κ2) is 6.97. The molecule has 0 unspecified atom stereocenters. The lowest BCUT2D eigenvalue weighted by Crippen LogP contribution is -2.16. The van der Waals surface area contributed by atoms with E-state index >= 15 is 0 Å². The predicted octanol–water partition coefficient (Wildman–Crippen LogP) is 4.23. The fraction of sp³-hybridized carbons (Fsp3) is 0.0714. The molecule has 0 aliphatic rings. The molecule has 0 fully saturated rings. The predicted molar refractivity (Wildman–Crippen MR) is 90.1 cm³/mol. The summed E-state index contributed by atoms with van der Waals surface area (Å²) in [6.45, 7) is 0. The number of hydrogen-bond acceptors (Lipinski definition) is 4. The molecule has 23 heavy (non-hydrogen) atoms. The number of esters is 1. The molecular weight excluding hydrogens is 385 g/mol. The number of carbonyl (C=O) groups is 1. The Kier molecular flexibility index (Phi) is 5.41. The largest absolute Gasteiger partial charge is 0.465 e. The summed E-state index contributed by atoms with van der Waals surface area (Å²) in [6, 6.07) is 7.99. The number of benzene rings is 2. The zero-order chi connectivity index (χ0) is 17.2. The SMILES string of the molecule is COC(=O)c1cc(Cl)ccc1NS(=O)(=O)c1cc(Cl)cc(Cl)c1. The van der Waals surface area contributed by atoms with Crippen molar-refractivity contribution >= 4 is 56.5 Å². The number of rotatable bonds is 4. The molecule has 0 atom stereocenters. The van der Waals surface area contributed by atoms with E-state index in [0.29, 0.717) is 0 Å². The first-order valence-corrected chi connectivity index (χ1v) is 8.71. The van der Waals surface area contributed by atoms with Crippen LogP contribution in [0.3, 0.4) is 0 Å². The van der Waals surface area contributed by atoms with Gasteiger partial charge in [-0.25, -0.2) is 13.2 Å². The standard InChI is InChI=1S/C14H10Cl3NO4S/c1-22-14(19)12-7-8(15)2-3-13(12)18-23(20,21)11-5-9(16)4-10(17)6-11/h2-7,18H,1H3. The van der Waals surface area contributed by atoms with Crippen molar-refractivity contribution in [3.63, 3.8) is 0 Å². The first-order chi connectivity index (χ1) is 10.7. The molecule has 0 spiro atoms. The lowest BCUT2D eigenvalue weighted by atomic mass is 10.2. The van der Waals surface area contributed by atoms with Crippen molar-refractivity contribution in [3.05, 3.63) is 57.0 Å². The van der Waals surface area contributed by atoms with Crippen LogP contribution in [0.25, 0.3) is 0 Å². The van der Waals surface area contributed by atoms with Crippen molar-refractivity contribution in [2.24, 2.45) is 0 Å². The topological polar surface area (TPSA) is 72.5 Å². The molecular formula is C14H10Cl3NO4S. The number of ether oxygens (including phenoxy) is 1. The zero-order valence-corrected chi connectivity index (χ0v) is 14.7. The normalized spacial score (nSPS) is 11.1. The number of anilines is 1. The van der Waals surface area contributed by atoms with Gasteiger partial charge in [-0.05, 0) is 36.4 Å². The molecule has 0 saturated carbocycles. The van der Waals surface area contributed by atoms with E-state index in [0.717, 1.165) is 0 Å². The Morgan fingerprint density at radius 1 is 1.00 bits per heavy atom. The van der Waals surface area contributed by atoms with Crippen LogP contribution in [0.1, 0.15) is 10.4 Å². The van der Waals surface area contributed by atoms with Crippen molar-refractivity contribution in [1.82, 2.24) is 0 Å². The van der Waals surface area contributed by atoms with Gasteiger partial charge < -0.3 is 4.74 Å². The fourth-order valence-corrected chi connectivity index (χ4v) is 3.75. The van der Waals surface area contributed by atoms with Crippen LogP contribution < -0.4 is 4.72 Å². The van der Waals surface area contributed by atoms with Crippen LogP contribution in [-0.4, -0.2) is 21.5 Å². The van der Waals surface area contributed by atoms with Crippen LogP contribution in [-0.2, 0) is 14.8 Å². The molecule has 5 nitrogen and oxygen atoms in total. The molecule has 0 aliphatic heterocycles. The lowest BCUT2D eigenvalue weighted by molar-refractivity contribution is 0.0602. The Morgan fingerprint density at radius 2 is 1.61 bits per heavy atom. The molecule has 0 aromatic heterocycles. The van der Waals surface area contributed by atoms with Crippen molar-refractivity contribution in [1.29, 1.82) is 0 Å². The molecule has 0 amide bonds. The van der Waals surface area contributed by atoms with Gasteiger partial charge in [0.15, 0.2) is 0 Å². The molecule has 2 aromatic carbocycles. The Balaban J connectivity index is 2.47. The van der Waals surface area contributed by atoms with Crippen LogP contribution in [0.2, 0.25) is 15.1 Å². The highest BCUT2D eigenvalue weighted by Gasteiger charge is 2.20. The van der Waals surface area contributed by atoms with Gasteiger partial charge in [-0.1, -0.05) is 34.8 Å². The molecule has 0 radical (unpaired) electrons. The first-order valence-electron chi connectivity index (χ1n) is 6.10. The fourth-order valence-electron chi connectivity index (χ4n) is 1.77. The van der Waals surface area contributed by atoms with E-state index in [-0.39, 0.29) is 31.2 Å². The van der Waals surface area contributed by atoms with Gasteiger partial charge in [0.2, 0.25) is 0 Å². The summed E-state index contributed by atoms with van der Waals surface area (Å²) in [6.07, 6.45) is 0. The maximum Gasteiger partial charge on any atom is 0.340 e. The van der Waals surface area contributed by atoms with E-state index < -0.39 is 16.0 Å². The summed E-state index contributed by atoms with van der Waals surface area (Å²) in [4.78, 5) is 11.6. The van der Waals surface area contributed by atoms with Crippen LogP contribution in [0.5, 0.6) is 0 Å². The highest BCUT2D eigenvalue weighted by atomic mass is 35.5. The molecule has 0 bridgehead atoms. The van der Waals surface area contributed by atoms with Crippen molar-refractivity contribution in [2.45, 2.75) is 4.90 Å². The number of sulfonamides is 1. The van der Waals surface area contributed by atoms with Gasteiger partial charge in [0.05, 0.1) is 23.3 Å². The third-order valence-electron chi connectivity index (χ3n) is 2.78. The van der Waals surface area contributed by atoms with Crippen molar-refractivity contribution < 1.29 is 17.9 Å². The second-order valence-electron chi connectivity index (χ2n) is 4.39. The van der Waals surface area contributed by atoms with E-state index in [1.807, 2.05) is 0 Å². The van der Waals surface area contributed by atoms with Gasteiger partial charge in [0.1, 0.15) is 0 Å². The molecule has 9 heteroatoms. The molecule has 0 aliphatic carbocycles.